The number of aryl methyl sites for hydroxylation is 1. The van der Waals surface area contributed by atoms with Crippen LogP contribution in [0.3, 0.4) is 0 Å². The van der Waals surface area contributed by atoms with Crippen molar-refractivity contribution in [3.8, 4) is 5.75 Å². The van der Waals surface area contributed by atoms with Crippen LogP contribution >= 0.6 is 0 Å². The number of aromatic hydroxyl groups is 1. The Bertz CT molecular complexity index is 389. The van der Waals surface area contributed by atoms with E-state index in [-0.39, 0.29) is 18.2 Å². The fourth-order valence-electron chi connectivity index (χ4n) is 1.23. The molecule has 0 spiro atoms. The maximum atomic E-state index is 11.4. The predicted molar refractivity (Wildman–Crippen MR) is 64.5 cm³/mol. The van der Waals surface area contributed by atoms with Crippen LogP contribution in [0.1, 0.15) is 5.56 Å². The van der Waals surface area contributed by atoms with Crippen molar-refractivity contribution in [2.24, 2.45) is 0 Å². The monoisotopic (exact) mass is 220 g/mol. The number of hydrogen-bond donors (Lipinski definition) is 3. The number of benzene rings is 1. The molecule has 0 atom stereocenters. The van der Waals surface area contributed by atoms with Gasteiger partial charge >= 0.3 is 0 Å². The molecule has 0 unspecified atom stereocenters. The van der Waals surface area contributed by atoms with E-state index in [9.17, 15) is 9.90 Å². The molecule has 86 valence electrons. The lowest BCUT2D eigenvalue weighted by Gasteiger charge is -2.08. The van der Waals surface area contributed by atoms with Gasteiger partial charge in [-0.1, -0.05) is 12.1 Å². The summed E-state index contributed by atoms with van der Waals surface area (Å²) in [5.41, 5.74) is 1.41. The number of hydrogen-bond acceptors (Lipinski definition) is 3. The molecule has 0 aromatic heterocycles. The smallest absolute Gasteiger partial charge is 0.238 e. The van der Waals surface area contributed by atoms with Crippen LogP contribution in [0.2, 0.25) is 0 Å². The van der Waals surface area contributed by atoms with Gasteiger partial charge in [0.15, 0.2) is 0 Å². The van der Waals surface area contributed by atoms with Crippen molar-refractivity contribution in [3.63, 3.8) is 0 Å². The first-order valence-corrected chi connectivity index (χ1v) is 5.04. The van der Waals surface area contributed by atoms with E-state index in [2.05, 4.69) is 17.2 Å². The van der Waals surface area contributed by atoms with Crippen LogP contribution in [0.15, 0.2) is 30.9 Å². The third kappa shape index (κ3) is 3.74. The van der Waals surface area contributed by atoms with Crippen molar-refractivity contribution in [1.29, 1.82) is 0 Å². The summed E-state index contributed by atoms with van der Waals surface area (Å²) in [5.74, 6) is -0.120. The second-order valence-corrected chi connectivity index (χ2v) is 3.49. The quantitative estimate of drug-likeness (QED) is 0.399. The number of anilines is 1. The van der Waals surface area contributed by atoms with E-state index in [1.54, 1.807) is 24.3 Å². The number of amides is 1. The molecule has 0 aliphatic heterocycles. The first-order valence-electron chi connectivity index (χ1n) is 5.04. The minimum Gasteiger partial charge on any atom is -0.506 e. The second-order valence-electron chi connectivity index (χ2n) is 3.49. The summed E-state index contributed by atoms with van der Waals surface area (Å²) in [6, 6.07) is 5.06. The van der Waals surface area contributed by atoms with Gasteiger partial charge in [-0.2, -0.15) is 0 Å². The van der Waals surface area contributed by atoms with Gasteiger partial charge in [-0.15, -0.1) is 6.58 Å². The zero-order chi connectivity index (χ0) is 12.0. The standard InChI is InChI=1S/C12H16N2O2/c1-3-6-13-8-12(16)14-10-7-9(2)4-5-11(10)15/h3-5,7,13,15H,1,6,8H2,2H3,(H,14,16). The van der Waals surface area contributed by atoms with Crippen molar-refractivity contribution in [3.05, 3.63) is 36.4 Å². The van der Waals surface area contributed by atoms with E-state index >= 15 is 0 Å². The molecule has 1 rings (SSSR count). The molecule has 0 fully saturated rings. The van der Waals surface area contributed by atoms with Crippen LogP contribution in [-0.2, 0) is 4.79 Å². The highest BCUT2D eigenvalue weighted by atomic mass is 16.3. The average Bonchev–Trinajstić information content (AvgIpc) is 2.24. The number of nitrogens with one attached hydrogen (secondary N) is 2. The van der Waals surface area contributed by atoms with E-state index in [0.29, 0.717) is 12.2 Å². The maximum absolute atomic E-state index is 11.4. The molecule has 0 heterocycles. The van der Waals surface area contributed by atoms with Gasteiger partial charge in [0.05, 0.1) is 12.2 Å². The highest BCUT2D eigenvalue weighted by Gasteiger charge is 2.05. The van der Waals surface area contributed by atoms with E-state index in [0.717, 1.165) is 5.56 Å². The fraction of sp³-hybridized carbons (Fsp3) is 0.250. The summed E-state index contributed by atoms with van der Waals surface area (Å²) in [7, 11) is 0. The number of carbonyl (C=O) groups is 1. The molecular weight excluding hydrogens is 204 g/mol. The van der Waals surface area contributed by atoms with Crippen molar-refractivity contribution in [1.82, 2.24) is 5.32 Å². The molecule has 4 heteroatoms. The maximum Gasteiger partial charge on any atom is 0.238 e. The molecule has 1 aromatic carbocycles. The predicted octanol–water partition coefficient (Wildman–Crippen LogP) is 1.41. The van der Waals surface area contributed by atoms with Crippen LogP contribution in [0.4, 0.5) is 5.69 Å². The van der Waals surface area contributed by atoms with E-state index < -0.39 is 0 Å². The van der Waals surface area contributed by atoms with E-state index in [1.165, 1.54) is 0 Å². The summed E-state index contributed by atoms with van der Waals surface area (Å²) in [5, 5.41) is 15.0. The van der Waals surface area contributed by atoms with Gasteiger partial charge in [0.1, 0.15) is 5.75 Å². The first kappa shape index (κ1) is 12.3. The van der Waals surface area contributed by atoms with Gasteiger partial charge in [0, 0.05) is 6.54 Å². The van der Waals surface area contributed by atoms with Crippen molar-refractivity contribution in [2.75, 3.05) is 18.4 Å². The van der Waals surface area contributed by atoms with Gasteiger partial charge in [-0.3, -0.25) is 4.79 Å². The van der Waals surface area contributed by atoms with Gasteiger partial charge in [-0.05, 0) is 24.6 Å². The largest absolute Gasteiger partial charge is 0.506 e. The van der Waals surface area contributed by atoms with Crippen molar-refractivity contribution < 1.29 is 9.90 Å². The summed E-state index contributed by atoms with van der Waals surface area (Å²) in [6.45, 7) is 6.20. The Morgan fingerprint density at radius 2 is 2.31 bits per heavy atom. The van der Waals surface area contributed by atoms with Crippen molar-refractivity contribution >= 4 is 11.6 Å². The topological polar surface area (TPSA) is 61.4 Å². The number of phenols is 1. The molecule has 0 aliphatic rings. The van der Waals surface area contributed by atoms with E-state index in [4.69, 9.17) is 0 Å². The highest BCUT2D eigenvalue weighted by Crippen LogP contribution is 2.23. The summed E-state index contributed by atoms with van der Waals surface area (Å²) in [4.78, 5) is 11.4. The van der Waals surface area contributed by atoms with Gasteiger partial charge < -0.3 is 15.7 Å². The zero-order valence-corrected chi connectivity index (χ0v) is 9.29. The molecular formula is C12H16N2O2. The van der Waals surface area contributed by atoms with Gasteiger partial charge in [-0.25, -0.2) is 0 Å². The van der Waals surface area contributed by atoms with Crippen LogP contribution in [0.5, 0.6) is 5.75 Å². The molecule has 3 N–H and O–H groups in total. The van der Waals surface area contributed by atoms with E-state index in [1.807, 2.05) is 6.92 Å². The normalized spacial score (nSPS) is 9.81. The Kier molecular flexibility index (Phi) is 4.54. The number of rotatable bonds is 5. The zero-order valence-electron chi connectivity index (χ0n) is 9.29. The highest BCUT2D eigenvalue weighted by molar-refractivity contribution is 5.93. The molecule has 1 aromatic rings. The Labute approximate surface area is 95.0 Å². The van der Waals surface area contributed by atoms with Gasteiger partial charge in [0.25, 0.3) is 0 Å². The van der Waals surface area contributed by atoms with Crippen molar-refractivity contribution in [2.45, 2.75) is 6.92 Å². The summed E-state index contributed by atoms with van der Waals surface area (Å²) >= 11 is 0. The lowest BCUT2D eigenvalue weighted by Crippen LogP contribution is -2.28. The average molecular weight is 220 g/mol. The molecule has 0 radical (unpaired) electrons. The summed E-state index contributed by atoms with van der Waals surface area (Å²) in [6.07, 6.45) is 1.68. The minimum absolute atomic E-state index is 0.0719. The van der Waals surface area contributed by atoms with Gasteiger partial charge in [0.2, 0.25) is 5.91 Å². The molecule has 0 aliphatic carbocycles. The Hall–Kier alpha value is -1.81. The number of carbonyl (C=O) groups excluding carboxylic acids is 1. The van der Waals surface area contributed by atoms with Crippen LogP contribution in [0, 0.1) is 6.92 Å². The second kappa shape index (κ2) is 5.92. The third-order valence-corrected chi connectivity index (χ3v) is 2.00. The molecule has 4 nitrogen and oxygen atoms in total. The third-order valence-electron chi connectivity index (χ3n) is 2.00. The molecule has 1 amide bonds. The lowest BCUT2D eigenvalue weighted by atomic mass is 10.2. The lowest BCUT2D eigenvalue weighted by molar-refractivity contribution is -0.115. The van der Waals surface area contributed by atoms with Crippen LogP contribution in [-0.4, -0.2) is 24.1 Å². The van der Waals surface area contributed by atoms with Crippen LogP contribution in [0.25, 0.3) is 0 Å². The number of phenolic OH excluding ortho intramolecular Hbond substituents is 1. The summed E-state index contributed by atoms with van der Waals surface area (Å²) < 4.78 is 0. The Balaban J connectivity index is 2.55. The Morgan fingerprint density at radius 3 is 3.00 bits per heavy atom. The molecule has 0 bridgehead atoms. The molecule has 16 heavy (non-hydrogen) atoms. The Morgan fingerprint density at radius 1 is 1.56 bits per heavy atom. The SMILES string of the molecule is C=CCNCC(=O)Nc1cc(C)ccc1O. The molecule has 0 saturated heterocycles. The fourth-order valence-corrected chi connectivity index (χ4v) is 1.23. The first-order chi connectivity index (χ1) is 7.63. The molecule has 0 saturated carbocycles. The minimum atomic E-state index is -0.192. The van der Waals surface area contributed by atoms with Crippen LogP contribution < -0.4 is 10.6 Å².